The summed E-state index contributed by atoms with van der Waals surface area (Å²) in [6, 6.07) is 11.1. The fraction of sp³-hybridized carbons (Fsp3) is 0.467. The summed E-state index contributed by atoms with van der Waals surface area (Å²) in [6.07, 6.45) is 0.893. The molecule has 1 aliphatic rings. The maximum atomic E-state index is 13.5. The highest BCUT2D eigenvalue weighted by Gasteiger charge is 2.41. The van der Waals surface area contributed by atoms with Gasteiger partial charge in [0.25, 0.3) is 15.9 Å². The number of hydrogen-bond acceptors (Lipinski definition) is 11. The summed E-state index contributed by atoms with van der Waals surface area (Å²) in [6.45, 7) is 13.1. The van der Waals surface area contributed by atoms with Gasteiger partial charge in [0, 0.05) is 36.0 Å². The predicted molar refractivity (Wildman–Crippen MR) is 164 cm³/mol. The number of pyridine rings is 3. The molecule has 43 heavy (non-hydrogen) atoms. The van der Waals surface area contributed by atoms with E-state index in [-0.39, 0.29) is 21.9 Å². The van der Waals surface area contributed by atoms with Gasteiger partial charge in [-0.2, -0.15) is 8.42 Å². The zero-order chi connectivity index (χ0) is 31.2. The molecule has 1 saturated heterocycles. The average molecular weight is 613 g/mol. The minimum Gasteiger partial charge on any atom is -0.475 e. The molecular formula is C30H40N6O6S. The van der Waals surface area contributed by atoms with Gasteiger partial charge in [0.1, 0.15) is 18.2 Å². The van der Waals surface area contributed by atoms with Gasteiger partial charge in [-0.1, -0.05) is 13.0 Å². The standard InChI is InChI=1S/C30H40N6O6S/c1-6-40-14-15-41-16-17-42-26-19-22(18-21(3)32-26)24-11-10-23(28(33-24)36-13-12-20(2)30(36,4)5)29(37)35-43(38,39)27-9-7-8-25(31)34-27/h7-11,18-20H,6,12-17H2,1-5H3,(H2,31,34)(H,35,37). The average Bonchev–Trinajstić information content (AvgIpc) is 3.23. The molecule has 1 amide bonds. The first-order valence-electron chi connectivity index (χ1n) is 14.3. The molecule has 3 aromatic rings. The molecule has 0 bridgehead atoms. The van der Waals surface area contributed by atoms with Crippen molar-refractivity contribution in [3.05, 3.63) is 53.7 Å². The second kappa shape index (κ2) is 13.7. The molecule has 1 atom stereocenters. The van der Waals surface area contributed by atoms with Crippen molar-refractivity contribution in [2.75, 3.05) is 50.2 Å². The number of nitrogens with one attached hydrogen (secondary N) is 1. The molecule has 4 heterocycles. The monoisotopic (exact) mass is 612 g/mol. The Labute approximate surface area is 253 Å². The lowest BCUT2D eigenvalue weighted by atomic mass is 9.90. The molecule has 232 valence electrons. The Balaban J connectivity index is 1.63. The van der Waals surface area contributed by atoms with Gasteiger partial charge in [-0.05, 0) is 70.4 Å². The van der Waals surface area contributed by atoms with Gasteiger partial charge >= 0.3 is 0 Å². The van der Waals surface area contributed by atoms with Crippen molar-refractivity contribution in [3.8, 4) is 17.1 Å². The summed E-state index contributed by atoms with van der Waals surface area (Å²) < 4.78 is 44.8. The highest BCUT2D eigenvalue weighted by molar-refractivity contribution is 7.90. The van der Waals surface area contributed by atoms with E-state index in [4.69, 9.17) is 24.9 Å². The maximum absolute atomic E-state index is 13.5. The summed E-state index contributed by atoms with van der Waals surface area (Å²) in [4.78, 5) is 28.8. The van der Waals surface area contributed by atoms with Crippen molar-refractivity contribution in [1.82, 2.24) is 19.7 Å². The number of amides is 1. The van der Waals surface area contributed by atoms with E-state index in [0.29, 0.717) is 62.9 Å². The van der Waals surface area contributed by atoms with Gasteiger partial charge < -0.3 is 24.8 Å². The molecular weight excluding hydrogens is 572 g/mol. The molecule has 12 nitrogen and oxygen atoms in total. The van der Waals surface area contributed by atoms with Crippen molar-refractivity contribution in [1.29, 1.82) is 0 Å². The van der Waals surface area contributed by atoms with Gasteiger partial charge in [0.15, 0.2) is 5.03 Å². The molecule has 0 saturated carbocycles. The van der Waals surface area contributed by atoms with Crippen LogP contribution in [0.4, 0.5) is 11.6 Å². The molecule has 1 aliphatic heterocycles. The largest absolute Gasteiger partial charge is 0.475 e. The first kappa shape index (κ1) is 32.1. The SMILES string of the molecule is CCOCCOCCOc1cc(-c2ccc(C(=O)NS(=O)(=O)c3cccc(N)n3)c(N3CCC(C)C3(C)C)n2)cc(C)n1. The van der Waals surface area contributed by atoms with Crippen LogP contribution in [0.1, 0.15) is 50.2 Å². The number of aromatic nitrogens is 3. The summed E-state index contributed by atoms with van der Waals surface area (Å²) in [5.74, 6) is 0.338. The Morgan fingerprint density at radius 3 is 2.51 bits per heavy atom. The number of nitrogens with two attached hydrogens (primary N) is 1. The number of carbonyl (C=O) groups is 1. The van der Waals surface area contributed by atoms with E-state index < -0.39 is 15.9 Å². The van der Waals surface area contributed by atoms with Crippen LogP contribution in [0.2, 0.25) is 0 Å². The number of carbonyl (C=O) groups excluding carboxylic acids is 1. The third-order valence-corrected chi connectivity index (χ3v) is 8.82. The molecule has 1 fully saturated rings. The van der Waals surface area contributed by atoms with Crippen LogP contribution in [-0.4, -0.2) is 74.4 Å². The van der Waals surface area contributed by atoms with E-state index in [2.05, 4.69) is 40.4 Å². The lowest BCUT2D eigenvalue weighted by molar-refractivity contribution is 0.0399. The fourth-order valence-corrected chi connectivity index (χ4v) is 5.78. The van der Waals surface area contributed by atoms with Crippen LogP contribution < -0.4 is 20.1 Å². The number of hydrogen-bond donors (Lipinski definition) is 2. The molecule has 13 heteroatoms. The van der Waals surface area contributed by atoms with Crippen LogP contribution in [0.15, 0.2) is 47.5 Å². The van der Waals surface area contributed by atoms with Crippen LogP contribution in [0.5, 0.6) is 5.88 Å². The quantitative estimate of drug-likeness (QED) is 0.272. The summed E-state index contributed by atoms with van der Waals surface area (Å²) in [5, 5.41) is -0.346. The van der Waals surface area contributed by atoms with Crippen molar-refractivity contribution >= 4 is 27.6 Å². The second-order valence-corrected chi connectivity index (χ2v) is 12.5. The van der Waals surface area contributed by atoms with Gasteiger partial charge in [-0.15, -0.1) is 0 Å². The van der Waals surface area contributed by atoms with Gasteiger partial charge in [-0.25, -0.2) is 19.7 Å². The highest BCUT2D eigenvalue weighted by Crippen LogP contribution is 2.39. The van der Waals surface area contributed by atoms with E-state index >= 15 is 0 Å². The maximum Gasteiger partial charge on any atom is 0.281 e. The molecule has 1 unspecified atom stereocenters. The van der Waals surface area contributed by atoms with Gasteiger partial charge in [-0.3, -0.25) is 4.79 Å². The number of ether oxygens (including phenoxy) is 3. The Kier molecular flexibility index (Phi) is 10.2. The molecule has 0 aliphatic carbocycles. The minimum atomic E-state index is -4.28. The van der Waals surface area contributed by atoms with E-state index in [1.807, 2.05) is 19.9 Å². The normalized spacial score (nSPS) is 16.3. The van der Waals surface area contributed by atoms with Crippen LogP contribution >= 0.6 is 0 Å². The Morgan fingerprint density at radius 1 is 1.07 bits per heavy atom. The van der Waals surface area contributed by atoms with E-state index in [1.165, 1.54) is 18.2 Å². The van der Waals surface area contributed by atoms with Crippen molar-refractivity contribution < 1.29 is 27.4 Å². The van der Waals surface area contributed by atoms with E-state index in [0.717, 1.165) is 17.7 Å². The number of sulfonamides is 1. The summed E-state index contributed by atoms with van der Waals surface area (Å²) in [7, 11) is -4.28. The van der Waals surface area contributed by atoms with Gasteiger partial charge in [0.05, 0.1) is 31.1 Å². The molecule has 0 radical (unpaired) electrons. The van der Waals surface area contributed by atoms with Gasteiger partial charge in [0.2, 0.25) is 5.88 Å². The number of nitrogen functional groups attached to an aromatic ring is 1. The Hall–Kier alpha value is -3.81. The Bertz CT molecular complexity index is 1550. The second-order valence-electron chi connectivity index (χ2n) is 10.9. The molecule has 3 N–H and O–H groups in total. The lowest BCUT2D eigenvalue weighted by Gasteiger charge is -2.36. The molecule has 0 aromatic carbocycles. The van der Waals surface area contributed by atoms with Crippen LogP contribution in [0.25, 0.3) is 11.3 Å². The molecule has 0 spiro atoms. The number of nitrogens with zero attached hydrogens (tertiary/aromatic N) is 4. The summed E-state index contributed by atoms with van der Waals surface area (Å²) >= 11 is 0. The van der Waals surface area contributed by atoms with Crippen LogP contribution in [-0.2, 0) is 19.5 Å². The highest BCUT2D eigenvalue weighted by atomic mass is 32.2. The third kappa shape index (κ3) is 7.78. The van der Waals surface area contributed by atoms with E-state index in [9.17, 15) is 13.2 Å². The smallest absolute Gasteiger partial charge is 0.281 e. The lowest BCUT2D eigenvalue weighted by Crippen LogP contribution is -2.43. The van der Waals surface area contributed by atoms with Crippen molar-refractivity contribution in [3.63, 3.8) is 0 Å². The number of anilines is 2. The summed E-state index contributed by atoms with van der Waals surface area (Å²) in [5.41, 5.74) is 7.52. The topological polar surface area (TPSA) is 159 Å². The van der Waals surface area contributed by atoms with Crippen molar-refractivity contribution in [2.24, 2.45) is 5.92 Å². The van der Waals surface area contributed by atoms with Crippen molar-refractivity contribution in [2.45, 2.75) is 51.6 Å². The number of aryl methyl sites for hydroxylation is 1. The van der Waals surface area contributed by atoms with Crippen LogP contribution in [0.3, 0.4) is 0 Å². The Morgan fingerprint density at radius 2 is 1.81 bits per heavy atom. The third-order valence-electron chi connectivity index (χ3n) is 7.59. The minimum absolute atomic E-state index is 0.0277. The fourth-order valence-electron chi connectivity index (χ4n) is 4.84. The number of rotatable bonds is 13. The zero-order valence-corrected chi connectivity index (χ0v) is 26.1. The zero-order valence-electron chi connectivity index (χ0n) is 25.3. The van der Waals surface area contributed by atoms with E-state index in [1.54, 1.807) is 18.2 Å². The molecule has 3 aromatic heterocycles. The predicted octanol–water partition coefficient (Wildman–Crippen LogP) is 3.60. The molecule has 4 rings (SSSR count). The van der Waals surface area contributed by atoms with Crippen LogP contribution in [0, 0.1) is 12.8 Å². The first-order chi connectivity index (χ1) is 20.4. The first-order valence-corrected chi connectivity index (χ1v) is 15.8.